The van der Waals surface area contributed by atoms with Crippen molar-refractivity contribution in [2.75, 3.05) is 44.7 Å². The van der Waals surface area contributed by atoms with Gasteiger partial charge in [-0.15, -0.1) is 0 Å². The molecule has 5 nitrogen and oxygen atoms in total. The van der Waals surface area contributed by atoms with Crippen LogP contribution in [0.5, 0.6) is 0 Å². The Morgan fingerprint density at radius 1 is 1.26 bits per heavy atom. The predicted molar refractivity (Wildman–Crippen MR) is 81.4 cm³/mol. The van der Waals surface area contributed by atoms with E-state index in [1.807, 2.05) is 24.8 Å². The van der Waals surface area contributed by atoms with Crippen LogP contribution in [0.4, 0.5) is 19.0 Å². The van der Waals surface area contributed by atoms with E-state index in [1.54, 1.807) is 7.11 Å². The van der Waals surface area contributed by atoms with Crippen molar-refractivity contribution < 1.29 is 17.9 Å². The van der Waals surface area contributed by atoms with Crippen LogP contribution in [0.2, 0.25) is 0 Å². The van der Waals surface area contributed by atoms with Gasteiger partial charge in [0, 0.05) is 45.0 Å². The molecule has 1 aromatic rings. The van der Waals surface area contributed by atoms with Gasteiger partial charge in [0.2, 0.25) is 0 Å². The fraction of sp³-hybridized carbons (Fsp3) is 0.733. The number of aryl methyl sites for hydroxylation is 1. The minimum Gasteiger partial charge on any atom is -0.377 e. The van der Waals surface area contributed by atoms with E-state index in [1.165, 1.54) is 4.90 Å². The molecule has 8 heteroatoms. The third-order valence-corrected chi connectivity index (χ3v) is 3.68. The van der Waals surface area contributed by atoms with Gasteiger partial charge in [0.05, 0.1) is 6.54 Å². The van der Waals surface area contributed by atoms with Gasteiger partial charge in [0.15, 0.2) is 5.82 Å². The van der Waals surface area contributed by atoms with Gasteiger partial charge >= 0.3 is 6.18 Å². The predicted octanol–water partition coefficient (Wildman–Crippen LogP) is 2.25. The summed E-state index contributed by atoms with van der Waals surface area (Å²) < 4.78 is 42.9. The molecular weight excluding hydrogens is 309 g/mol. The van der Waals surface area contributed by atoms with Crippen LogP contribution < -0.4 is 4.90 Å². The van der Waals surface area contributed by atoms with E-state index in [9.17, 15) is 13.2 Å². The summed E-state index contributed by atoms with van der Waals surface area (Å²) >= 11 is 0. The van der Waals surface area contributed by atoms with Crippen LogP contribution in [0.1, 0.15) is 18.4 Å². The molecule has 0 aromatic carbocycles. The van der Waals surface area contributed by atoms with Gasteiger partial charge in [-0.1, -0.05) is 6.92 Å². The highest BCUT2D eigenvalue weighted by Gasteiger charge is 2.32. The van der Waals surface area contributed by atoms with E-state index in [4.69, 9.17) is 4.74 Å². The zero-order valence-corrected chi connectivity index (χ0v) is 13.7. The Morgan fingerprint density at radius 2 is 2.00 bits per heavy atom. The Bertz CT molecular complexity index is 524. The Balaban J connectivity index is 2.12. The maximum absolute atomic E-state index is 12.6. The second-order valence-electron chi connectivity index (χ2n) is 6.12. The number of hydrogen-bond acceptors (Lipinski definition) is 5. The summed E-state index contributed by atoms with van der Waals surface area (Å²) in [6.07, 6.45) is -4.16. The molecular formula is C15H23F3N4O. The molecule has 2 rings (SSSR count). The van der Waals surface area contributed by atoms with Crippen LogP contribution in [0.3, 0.4) is 0 Å². The first-order valence-electron chi connectivity index (χ1n) is 7.64. The van der Waals surface area contributed by atoms with E-state index in [-0.39, 0.29) is 5.92 Å². The summed E-state index contributed by atoms with van der Waals surface area (Å²) in [6, 6.07) is 1.87. The lowest BCUT2D eigenvalue weighted by atomic mass is 10.1. The Kier molecular flexibility index (Phi) is 5.80. The van der Waals surface area contributed by atoms with Crippen LogP contribution >= 0.6 is 0 Å². The summed E-state index contributed by atoms with van der Waals surface area (Å²) in [5.41, 5.74) is 0.825. The van der Waals surface area contributed by atoms with Gasteiger partial charge in [0.1, 0.15) is 12.4 Å². The van der Waals surface area contributed by atoms with Crippen LogP contribution in [-0.4, -0.2) is 60.9 Å². The second-order valence-corrected chi connectivity index (χ2v) is 6.12. The topological polar surface area (TPSA) is 41.5 Å². The first kappa shape index (κ1) is 17.9. The standard InChI is InChI=1S/C15H23F3N4O/c1-11-7-21(10-15(16,17)18)4-5-22(8-11)14-6-12(2)19-13(20-14)9-23-3/h6,11H,4-5,7-10H2,1-3H3. The van der Waals surface area contributed by atoms with Crippen molar-refractivity contribution in [3.63, 3.8) is 0 Å². The first-order valence-corrected chi connectivity index (χ1v) is 7.64. The average Bonchev–Trinajstić information content (AvgIpc) is 2.58. The van der Waals surface area contributed by atoms with Gasteiger partial charge in [-0.05, 0) is 12.8 Å². The molecule has 0 bridgehead atoms. The van der Waals surface area contributed by atoms with Gasteiger partial charge in [-0.2, -0.15) is 13.2 Å². The lowest BCUT2D eigenvalue weighted by Crippen LogP contribution is -2.38. The van der Waals surface area contributed by atoms with E-state index in [0.29, 0.717) is 38.6 Å². The number of ether oxygens (including phenoxy) is 1. The molecule has 1 aromatic heterocycles. The molecule has 0 amide bonds. The van der Waals surface area contributed by atoms with Crippen LogP contribution in [0.15, 0.2) is 6.07 Å². The SMILES string of the molecule is COCc1nc(C)cc(N2CCN(CC(F)(F)F)CC(C)C2)n1. The Morgan fingerprint density at radius 3 is 2.65 bits per heavy atom. The number of aromatic nitrogens is 2. The maximum Gasteiger partial charge on any atom is 0.401 e. The van der Waals surface area contributed by atoms with Gasteiger partial charge < -0.3 is 9.64 Å². The molecule has 1 unspecified atom stereocenters. The second kappa shape index (κ2) is 7.44. The molecule has 23 heavy (non-hydrogen) atoms. The molecule has 0 saturated carbocycles. The van der Waals surface area contributed by atoms with E-state index in [2.05, 4.69) is 9.97 Å². The summed E-state index contributed by atoms with van der Waals surface area (Å²) in [7, 11) is 1.58. The smallest absolute Gasteiger partial charge is 0.377 e. The van der Waals surface area contributed by atoms with Crippen molar-refractivity contribution in [2.45, 2.75) is 26.6 Å². The number of alkyl halides is 3. The van der Waals surface area contributed by atoms with Gasteiger partial charge in [-0.25, -0.2) is 9.97 Å². The van der Waals surface area contributed by atoms with Crippen molar-refractivity contribution in [2.24, 2.45) is 5.92 Å². The van der Waals surface area contributed by atoms with E-state index >= 15 is 0 Å². The van der Waals surface area contributed by atoms with Crippen molar-refractivity contribution in [1.29, 1.82) is 0 Å². The minimum absolute atomic E-state index is 0.126. The highest BCUT2D eigenvalue weighted by molar-refractivity contribution is 5.40. The molecule has 1 aliphatic heterocycles. The number of nitrogens with zero attached hydrogens (tertiary/aromatic N) is 4. The largest absolute Gasteiger partial charge is 0.401 e. The number of hydrogen-bond donors (Lipinski definition) is 0. The van der Waals surface area contributed by atoms with Crippen LogP contribution in [0, 0.1) is 12.8 Å². The Hall–Kier alpha value is -1.41. The van der Waals surface area contributed by atoms with Crippen molar-refractivity contribution >= 4 is 5.82 Å². The molecule has 2 heterocycles. The zero-order valence-electron chi connectivity index (χ0n) is 13.7. The summed E-state index contributed by atoms with van der Waals surface area (Å²) in [4.78, 5) is 12.3. The van der Waals surface area contributed by atoms with E-state index in [0.717, 1.165) is 11.5 Å². The lowest BCUT2D eigenvalue weighted by Gasteiger charge is -2.24. The maximum atomic E-state index is 12.6. The monoisotopic (exact) mass is 332 g/mol. The van der Waals surface area contributed by atoms with Crippen molar-refractivity contribution in [3.05, 3.63) is 17.6 Å². The molecule has 1 saturated heterocycles. The zero-order chi connectivity index (χ0) is 17.0. The fourth-order valence-electron chi connectivity index (χ4n) is 2.89. The molecule has 0 radical (unpaired) electrons. The lowest BCUT2D eigenvalue weighted by molar-refractivity contribution is -0.146. The van der Waals surface area contributed by atoms with Gasteiger partial charge in [0.25, 0.3) is 0 Å². The van der Waals surface area contributed by atoms with Gasteiger partial charge in [-0.3, -0.25) is 4.90 Å². The summed E-state index contributed by atoms with van der Waals surface area (Å²) in [6.45, 7) is 5.30. The molecule has 0 aliphatic carbocycles. The van der Waals surface area contributed by atoms with Crippen molar-refractivity contribution in [3.8, 4) is 0 Å². The third kappa shape index (κ3) is 5.62. The average molecular weight is 332 g/mol. The van der Waals surface area contributed by atoms with Crippen molar-refractivity contribution in [1.82, 2.24) is 14.9 Å². The minimum atomic E-state index is -4.16. The number of halogens is 3. The third-order valence-electron chi connectivity index (χ3n) is 3.68. The molecule has 1 aliphatic rings. The molecule has 0 spiro atoms. The highest BCUT2D eigenvalue weighted by Crippen LogP contribution is 2.21. The van der Waals surface area contributed by atoms with Crippen LogP contribution in [0.25, 0.3) is 0 Å². The fourth-order valence-corrected chi connectivity index (χ4v) is 2.89. The normalized spacial score (nSPS) is 20.6. The number of methoxy groups -OCH3 is 1. The molecule has 130 valence electrons. The van der Waals surface area contributed by atoms with E-state index < -0.39 is 12.7 Å². The molecule has 1 fully saturated rings. The molecule has 0 N–H and O–H groups in total. The number of rotatable bonds is 4. The first-order chi connectivity index (χ1) is 10.8. The Labute approximate surface area is 134 Å². The highest BCUT2D eigenvalue weighted by atomic mass is 19.4. The molecule has 1 atom stereocenters. The number of anilines is 1. The summed E-state index contributed by atoms with van der Waals surface area (Å²) in [5.74, 6) is 1.47. The summed E-state index contributed by atoms with van der Waals surface area (Å²) in [5, 5.41) is 0. The quantitative estimate of drug-likeness (QED) is 0.846. The van der Waals surface area contributed by atoms with Crippen LogP contribution in [-0.2, 0) is 11.3 Å².